The number of allylic oxidation sites excluding steroid dienone is 2. The average Bonchev–Trinajstić information content (AvgIpc) is 3.04. The van der Waals surface area contributed by atoms with E-state index in [1.165, 1.54) is 5.57 Å². The molecule has 2 aliphatic rings. The molecule has 2 aliphatic carbocycles. The van der Waals surface area contributed by atoms with Gasteiger partial charge >= 0.3 is 0 Å². The van der Waals surface area contributed by atoms with Gasteiger partial charge in [-0.25, -0.2) is 0 Å². The molecule has 2 N–H and O–H groups in total. The van der Waals surface area contributed by atoms with Crippen molar-refractivity contribution in [3.05, 3.63) is 11.6 Å². The summed E-state index contributed by atoms with van der Waals surface area (Å²) in [4.78, 5) is 13.3. The third kappa shape index (κ3) is 4.82. The molecule has 0 aromatic rings. The van der Waals surface area contributed by atoms with E-state index in [0.717, 1.165) is 51.4 Å². The van der Waals surface area contributed by atoms with E-state index in [1.807, 2.05) is 0 Å². The van der Waals surface area contributed by atoms with Crippen LogP contribution < -0.4 is 0 Å². The summed E-state index contributed by atoms with van der Waals surface area (Å²) in [5.41, 5.74) is 1.47. The molecule has 2 rings (SSSR count). The number of aliphatic hydroxyl groups is 2. The third-order valence-electron chi connectivity index (χ3n) is 5.89. The molecule has 0 unspecified atom stereocenters. The summed E-state index contributed by atoms with van der Waals surface area (Å²) in [5, 5.41) is 20.8. The molecular weight excluding hydrogens is 302 g/mol. The summed E-state index contributed by atoms with van der Waals surface area (Å²) in [5.74, 6) is 1.12. The van der Waals surface area contributed by atoms with Crippen LogP contribution in [0.3, 0.4) is 0 Å². The molecule has 0 aromatic carbocycles. The minimum atomic E-state index is -0.361. The van der Waals surface area contributed by atoms with Gasteiger partial charge < -0.3 is 15.1 Å². The van der Waals surface area contributed by atoms with Crippen molar-refractivity contribution in [1.82, 2.24) is 4.90 Å². The highest BCUT2D eigenvalue weighted by atomic mass is 16.3. The van der Waals surface area contributed by atoms with Crippen LogP contribution in [0.4, 0.5) is 0 Å². The Morgan fingerprint density at radius 3 is 2.75 bits per heavy atom. The van der Waals surface area contributed by atoms with Crippen molar-refractivity contribution in [2.45, 2.75) is 76.9 Å². The van der Waals surface area contributed by atoms with Crippen molar-refractivity contribution < 1.29 is 15.0 Å². The second kappa shape index (κ2) is 9.00. The summed E-state index contributed by atoms with van der Waals surface area (Å²) in [7, 11) is 3.61. The minimum absolute atomic E-state index is 0.0469. The van der Waals surface area contributed by atoms with Crippen LogP contribution in [-0.2, 0) is 4.79 Å². The normalized spacial score (nSPS) is 30.1. The van der Waals surface area contributed by atoms with Gasteiger partial charge in [-0.3, -0.25) is 4.79 Å². The first-order chi connectivity index (χ1) is 11.4. The molecule has 0 aliphatic heterocycles. The van der Waals surface area contributed by atoms with Crippen LogP contribution in [-0.4, -0.2) is 47.3 Å². The summed E-state index contributed by atoms with van der Waals surface area (Å²) in [6.45, 7) is 2.14. The van der Waals surface area contributed by atoms with Crippen molar-refractivity contribution in [3.63, 3.8) is 0 Å². The maximum atomic E-state index is 11.6. The Bertz CT molecular complexity index is 446. The Kier molecular flexibility index (Phi) is 7.30. The van der Waals surface area contributed by atoms with Gasteiger partial charge in [0.15, 0.2) is 0 Å². The van der Waals surface area contributed by atoms with E-state index in [9.17, 15) is 15.0 Å². The van der Waals surface area contributed by atoms with E-state index in [1.54, 1.807) is 19.0 Å². The highest BCUT2D eigenvalue weighted by Crippen LogP contribution is 2.49. The lowest BCUT2D eigenvalue weighted by Gasteiger charge is -2.27. The van der Waals surface area contributed by atoms with E-state index in [0.29, 0.717) is 18.3 Å². The number of nitrogens with zero attached hydrogens (tertiary/aromatic N) is 1. The van der Waals surface area contributed by atoms with Crippen LogP contribution in [0.15, 0.2) is 11.6 Å². The molecule has 24 heavy (non-hydrogen) atoms. The van der Waals surface area contributed by atoms with E-state index >= 15 is 0 Å². The molecule has 1 saturated carbocycles. The van der Waals surface area contributed by atoms with E-state index in [-0.39, 0.29) is 24.0 Å². The smallest absolute Gasteiger partial charge is 0.222 e. The first kappa shape index (κ1) is 19.5. The molecule has 0 aromatic heterocycles. The van der Waals surface area contributed by atoms with Gasteiger partial charge in [0, 0.05) is 26.4 Å². The van der Waals surface area contributed by atoms with Gasteiger partial charge in [0.2, 0.25) is 5.91 Å². The topological polar surface area (TPSA) is 60.8 Å². The largest absolute Gasteiger partial charge is 0.393 e. The molecule has 0 radical (unpaired) electrons. The standard InChI is InChI=1S/C20H35NO3/c1-4-5-9-17(22)20-16-12-14(11-15(16)13-18(20)23)8-6-7-10-19(24)21(2)3/h11,15-18,20,22-23H,4-10,12-13H2,1-3H3/t15-,16-,17+,18+,20-/m0/s1. The molecular formula is C20H35NO3. The molecule has 138 valence electrons. The van der Waals surface area contributed by atoms with Crippen molar-refractivity contribution in [3.8, 4) is 0 Å². The third-order valence-corrected chi connectivity index (χ3v) is 5.89. The second-order valence-electron chi connectivity index (χ2n) is 7.94. The molecule has 1 amide bonds. The Labute approximate surface area is 146 Å². The number of amides is 1. The summed E-state index contributed by atoms with van der Waals surface area (Å²) < 4.78 is 0. The highest BCUT2D eigenvalue weighted by molar-refractivity contribution is 5.75. The number of fused-ring (bicyclic) bond motifs is 1. The SMILES string of the molecule is CCCC[C@@H](O)[C@@H]1[C@H]2CC(CCCCC(=O)N(C)C)=C[C@H]2C[C@H]1O. The van der Waals surface area contributed by atoms with Crippen LogP contribution in [0.2, 0.25) is 0 Å². The van der Waals surface area contributed by atoms with E-state index in [4.69, 9.17) is 0 Å². The van der Waals surface area contributed by atoms with Crippen LogP contribution in [0.1, 0.15) is 64.7 Å². The fourth-order valence-electron chi connectivity index (χ4n) is 4.52. The van der Waals surface area contributed by atoms with Crippen molar-refractivity contribution in [2.75, 3.05) is 14.1 Å². The van der Waals surface area contributed by atoms with Gasteiger partial charge in [-0.2, -0.15) is 0 Å². The molecule has 0 bridgehead atoms. The zero-order chi connectivity index (χ0) is 17.7. The Morgan fingerprint density at radius 2 is 2.08 bits per heavy atom. The monoisotopic (exact) mass is 337 g/mol. The van der Waals surface area contributed by atoms with Crippen LogP contribution in [0.5, 0.6) is 0 Å². The molecule has 0 heterocycles. The number of hydrogen-bond donors (Lipinski definition) is 2. The van der Waals surface area contributed by atoms with Gasteiger partial charge in [-0.1, -0.05) is 31.4 Å². The van der Waals surface area contributed by atoms with Crippen LogP contribution in [0.25, 0.3) is 0 Å². The molecule has 5 atom stereocenters. The molecule has 0 saturated heterocycles. The summed E-state index contributed by atoms with van der Waals surface area (Å²) >= 11 is 0. The number of hydrogen-bond acceptors (Lipinski definition) is 3. The van der Waals surface area contributed by atoms with Crippen molar-refractivity contribution >= 4 is 5.91 Å². The minimum Gasteiger partial charge on any atom is -0.393 e. The quantitative estimate of drug-likeness (QED) is 0.502. The zero-order valence-corrected chi connectivity index (χ0v) is 15.6. The maximum absolute atomic E-state index is 11.6. The fourth-order valence-corrected chi connectivity index (χ4v) is 4.52. The number of rotatable bonds is 9. The maximum Gasteiger partial charge on any atom is 0.222 e. The van der Waals surface area contributed by atoms with Crippen LogP contribution >= 0.6 is 0 Å². The fraction of sp³-hybridized carbons (Fsp3) is 0.850. The lowest BCUT2D eigenvalue weighted by molar-refractivity contribution is -0.128. The summed E-state index contributed by atoms with van der Waals surface area (Å²) in [6.07, 6.45) is 10.1. The first-order valence-corrected chi connectivity index (χ1v) is 9.69. The number of carbonyl (C=O) groups excluding carboxylic acids is 1. The first-order valence-electron chi connectivity index (χ1n) is 9.69. The van der Waals surface area contributed by atoms with Gasteiger partial charge in [0.05, 0.1) is 12.2 Å². The average molecular weight is 338 g/mol. The van der Waals surface area contributed by atoms with Gasteiger partial charge in [-0.05, 0) is 50.4 Å². The molecule has 0 spiro atoms. The predicted octanol–water partition coefficient (Wildman–Crippen LogP) is 3.13. The van der Waals surface area contributed by atoms with E-state index in [2.05, 4.69) is 13.0 Å². The van der Waals surface area contributed by atoms with Crippen LogP contribution in [0, 0.1) is 17.8 Å². The number of carbonyl (C=O) groups is 1. The lowest BCUT2D eigenvalue weighted by atomic mass is 9.83. The van der Waals surface area contributed by atoms with Crippen molar-refractivity contribution in [2.24, 2.45) is 17.8 Å². The number of aliphatic hydroxyl groups excluding tert-OH is 2. The van der Waals surface area contributed by atoms with Gasteiger partial charge in [0.1, 0.15) is 0 Å². The summed E-state index contributed by atoms with van der Waals surface area (Å²) in [6, 6.07) is 0. The lowest BCUT2D eigenvalue weighted by Crippen LogP contribution is -2.32. The number of unbranched alkanes of at least 4 members (excludes halogenated alkanes) is 2. The Balaban J connectivity index is 1.78. The molecule has 4 nitrogen and oxygen atoms in total. The second-order valence-corrected chi connectivity index (χ2v) is 7.94. The Morgan fingerprint density at radius 1 is 1.33 bits per heavy atom. The predicted molar refractivity (Wildman–Crippen MR) is 96.5 cm³/mol. The Hall–Kier alpha value is -0.870. The van der Waals surface area contributed by atoms with E-state index < -0.39 is 0 Å². The molecule has 4 heteroatoms. The van der Waals surface area contributed by atoms with Gasteiger partial charge in [-0.15, -0.1) is 0 Å². The highest BCUT2D eigenvalue weighted by Gasteiger charge is 2.47. The van der Waals surface area contributed by atoms with Gasteiger partial charge in [0.25, 0.3) is 0 Å². The zero-order valence-electron chi connectivity index (χ0n) is 15.6. The van der Waals surface area contributed by atoms with Crippen molar-refractivity contribution in [1.29, 1.82) is 0 Å². The molecule has 1 fully saturated rings.